The number of guanidine groups is 1. The zero-order valence-corrected chi connectivity index (χ0v) is 9.90. The molecule has 1 aromatic rings. The molecule has 1 aromatic heterocycles. The first-order valence-corrected chi connectivity index (χ1v) is 5.80. The smallest absolute Gasteiger partial charge is 0.191 e. The minimum Gasteiger partial charge on any atom is -0.357 e. The van der Waals surface area contributed by atoms with Gasteiger partial charge in [-0.1, -0.05) is 0 Å². The Morgan fingerprint density at radius 2 is 2.44 bits per heavy atom. The Balaban J connectivity index is 1.90. The van der Waals surface area contributed by atoms with E-state index in [1.165, 1.54) is 12.8 Å². The SMILES string of the molecule is CCNC(=NCc1cnn(C)c1)NC1CC1. The normalized spacial score (nSPS) is 16.2. The van der Waals surface area contributed by atoms with Crippen molar-refractivity contribution in [1.82, 2.24) is 20.4 Å². The van der Waals surface area contributed by atoms with Gasteiger partial charge in [0.1, 0.15) is 0 Å². The van der Waals surface area contributed by atoms with Crippen molar-refractivity contribution in [1.29, 1.82) is 0 Å². The molecule has 0 saturated heterocycles. The van der Waals surface area contributed by atoms with Crippen LogP contribution in [0.1, 0.15) is 25.3 Å². The molecular weight excluding hydrogens is 202 g/mol. The molecule has 1 aliphatic rings. The summed E-state index contributed by atoms with van der Waals surface area (Å²) in [5, 5.41) is 10.7. The molecule has 0 atom stereocenters. The topological polar surface area (TPSA) is 54.2 Å². The Morgan fingerprint density at radius 1 is 1.62 bits per heavy atom. The number of nitrogens with zero attached hydrogens (tertiary/aromatic N) is 3. The lowest BCUT2D eigenvalue weighted by Crippen LogP contribution is -2.38. The minimum atomic E-state index is 0.631. The quantitative estimate of drug-likeness (QED) is 0.579. The highest BCUT2D eigenvalue weighted by molar-refractivity contribution is 5.80. The second-order valence-corrected chi connectivity index (χ2v) is 4.14. The Hall–Kier alpha value is -1.52. The highest BCUT2D eigenvalue weighted by Crippen LogP contribution is 2.18. The highest BCUT2D eigenvalue weighted by Gasteiger charge is 2.21. The van der Waals surface area contributed by atoms with Crippen molar-refractivity contribution in [3.8, 4) is 0 Å². The summed E-state index contributed by atoms with van der Waals surface area (Å²) in [4.78, 5) is 4.52. The first-order valence-electron chi connectivity index (χ1n) is 5.80. The van der Waals surface area contributed by atoms with Crippen LogP contribution in [0.25, 0.3) is 0 Å². The van der Waals surface area contributed by atoms with Crippen LogP contribution in [0, 0.1) is 0 Å². The van der Waals surface area contributed by atoms with Crippen LogP contribution >= 0.6 is 0 Å². The molecule has 1 aliphatic carbocycles. The second-order valence-electron chi connectivity index (χ2n) is 4.14. The molecule has 0 radical (unpaired) electrons. The molecule has 88 valence electrons. The van der Waals surface area contributed by atoms with Crippen molar-refractivity contribution in [2.24, 2.45) is 12.0 Å². The van der Waals surface area contributed by atoms with Gasteiger partial charge in [0.15, 0.2) is 5.96 Å². The summed E-state index contributed by atoms with van der Waals surface area (Å²) in [6.07, 6.45) is 6.36. The number of nitrogens with one attached hydrogen (secondary N) is 2. The fraction of sp³-hybridized carbons (Fsp3) is 0.636. The summed E-state index contributed by atoms with van der Waals surface area (Å²) in [5.74, 6) is 0.911. The first-order chi connectivity index (χ1) is 7.78. The van der Waals surface area contributed by atoms with E-state index in [1.807, 2.05) is 19.4 Å². The highest BCUT2D eigenvalue weighted by atomic mass is 15.2. The number of hydrogen-bond donors (Lipinski definition) is 2. The van der Waals surface area contributed by atoms with Crippen molar-refractivity contribution in [3.05, 3.63) is 18.0 Å². The molecule has 5 nitrogen and oxygen atoms in total. The molecule has 0 aromatic carbocycles. The van der Waals surface area contributed by atoms with Crippen LogP contribution in [-0.2, 0) is 13.6 Å². The van der Waals surface area contributed by atoms with Gasteiger partial charge >= 0.3 is 0 Å². The average molecular weight is 221 g/mol. The molecule has 16 heavy (non-hydrogen) atoms. The zero-order valence-electron chi connectivity index (χ0n) is 9.90. The Bertz CT molecular complexity index is 364. The van der Waals surface area contributed by atoms with Crippen LogP contribution in [0.15, 0.2) is 17.4 Å². The van der Waals surface area contributed by atoms with Crippen molar-refractivity contribution in [2.75, 3.05) is 6.54 Å². The number of aromatic nitrogens is 2. The van der Waals surface area contributed by atoms with Crippen molar-refractivity contribution in [3.63, 3.8) is 0 Å². The number of hydrogen-bond acceptors (Lipinski definition) is 2. The van der Waals surface area contributed by atoms with Crippen LogP contribution in [0.3, 0.4) is 0 Å². The molecule has 1 heterocycles. The number of aliphatic imine (C=N–C) groups is 1. The standard InChI is InChI=1S/C11H19N5/c1-3-12-11(15-10-4-5-10)13-6-9-7-14-16(2)8-9/h7-8,10H,3-6H2,1-2H3,(H2,12,13,15). The molecule has 0 amide bonds. The summed E-state index contributed by atoms with van der Waals surface area (Å²) in [7, 11) is 1.92. The van der Waals surface area contributed by atoms with Crippen LogP contribution in [0.2, 0.25) is 0 Å². The van der Waals surface area contributed by atoms with E-state index >= 15 is 0 Å². The van der Waals surface area contributed by atoms with E-state index in [-0.39, 0.29) is 0 Å². The lowest BCUT2D eigenvalue weighted by Gasteiger charge is -2.09. The van der Waals surface area contributed by atoms with Gasteiger partial charge in [-0.15, -0.1) is 0 Å². The predicted molar refractivity (Wildman–Crippen MR) is 64.2 cm³/mol. The average Bonchev–Trinajstić information content (AvgIpc) is 2.97. The summed E-state index contributed by atoms with van der Waals surface area (Å²) in [5.41, 5.74) is 1.13. The predicted octanol–water partition coefficient (Wildman–Crippen LogP) is 0.638. The van der Waals surface area contributed by atoms with Gasteiger partial charge in [-0.25, -0.2) is 4.99 Å². The molecule has 0 unspecified atom stereocenters. The third-order valence-corrected chi connectivity index (χ3v) is 2.44. The number of aryl methyl sites for hydroxylation is 1. The van der Waals surface area contributed by atoms with Crippen LogP contribution in [-0.4, -0.2) is 28.3 Å². The molecule has 0 aliphatic heterocycles. The molecule has 1 fully saturated rings. The van der Waals surface area contributed by atoms with E-state index in [1.54, 1.807) is 4.68 Å². The van der Waals surface area contributed by atoms with Crippen LogP contribution in [0.5, 0.6) is 0 Å². The van der Waals surface area contributed by atoms with E-state index in [0.717, 1.165) is 18.1 Å². The third-order valence-electron chi connectivity index (χ3n) is 2.44. The van der Waals surface area contributed by atoms with Crippen molar-refractivity contribution >= 4 is 5.96 Å². The molecule has 5 heteroatoms. The van der Waals surface area contributed by atoms with Crippen molar-refractivity contribution in [2.45, 2.75) is 32.4 Å². The van der Waals surface area contributed by atoms with E-state index < -0.39 is 0 Å². The minimum absolute atomic E-state index is 0.631. The van der Waals surface area contributed by atoms with E-state index in [2.05, 4.69) is 27.6 Å². The maximum atomic E-state index is 4.52. The third kappa shape index (κ3) is 3.25. The van der Waals surface area contributed by atoms with Gasteiger partial charge in [-0.05, 0) is 19.8 Å². The maximum absolute atomic E-state index is 4.52. The lowest BCUT2D eigenvalue weighted by atomic mass is 10.4. The van der Waals surface area contributed by atoms with Gasteiger partial charge in [0, 0.05) is 31.4 Å². The Morgan fingerprint density at radius 3 is 3.00 bits per heavy atom. The van der Waals surface area contributed by atoms with Gasteiger partial charge in [0.25, 0.3) is 0 Å². The van der Waals surface area contributed by atoms with E-state index in [4.69, 9.17) is 0 Å². The van der Waals surface area contributed by atoms with E-state index in [0.29, 0.717) is 12.6 Å². The fourth-order valence-electron chi connectivity index (χ4n) is 1.46. The number of rotatable bonds is 4. The van der Waals surface area contributed by atoms with Crippen LogP contribution in [0.4, 0.5) is 0 Å². The second kappa shape index (κ2) is 5.01. The van der Waals surface area contributed by atoms with Gasteiger partial charge in [0.2, 0.25) is 0 Å². The summed E-state index contributed by atoms with van der Waals surface area (Å²) in [6.45, 7) is 3.65. The van der Waals surface area contributed by atoms with Gasteiger partial charge < -0.3 is 10.6 Å². The monoisotopic (exact) mass is 221 g/mol. The van der Waals surface area contributed by atoms with E-state index in [9.17, 15) is 0 Å². The summed E-state index contributed by atoms with van der Waals surface area (Å²) < 4.78 is 1.80. The zero-order chi connectivity index (χ0) is 11.4. The first kappa shape index (κ1) is 11.0. The molecule has 0 spiro atoms. The largest absolute Gasteiger partial charge is 0.357 e. The molecule has 2 N–H and O–H groups in total. The maximum Gasteiger partial charge on any atom is 0.191 e. The van der Waals surface area contributed by atoms with Crippen LogP contribution < -0.4 is 10.6 Å². The lowest BCUT2D eigenvalue weighted by molar-refractivity contribution is 0.766. The molecule has 1 saturated carbocycles. The summed E-state index contributed by atoms with van der Waals surface area (Å²) >= 11 is 0. The Labute approximate surface area is 95.9 Å². The molecule has 2 rings (SSSR count). The van der Waals surface area contributed by atoms with Gasteiger partial charge in [0.05, 0.1) is 12.7 Å². The van der Waals surface area contributed by atoms with Gasteiger partial charge in [-0.3, -0.25) is 4.68 Å². The molecular formula is C11H19N5. The van der Waals surface area contributed by atoms with Crippen molar-refractivity contribution < 1.29 is 0 Å². The fourth-order valence-corrected chi connectivity index (χ4v) is 1.46. The summed E-state index contributed by atoms with van der Waals surface area (Å²) in [6, 6.07) is 0.631. The molecule has 0 bridgehead atoms. The van der Waals surface area contributed by atoms with Gasteiger partial charge in [-0.2, -0.15) is 5.10 Å². The Kier molecular flexibility index (Phi) is 3.44.